The molecule has 0 radical (unpaired) electrons. The number of aliphatic hydroxyl groups excluding tert-OH is 1. The molecule has 0 aliphatic heterocycles. The average molecular weight is 302 g/mol. The van der Waals surface area contributed by atoms with Crippen LogP contribution in [0.25, 0.3) is 17.3 Å². The van der Waals surface area contributed by atoms with Crippen LogP contribution in [0.1, 0.15) is 31.9 Å². The molecule has 1 atom stereocenters. The van der Waals surface area contributed by atoms with E-state index in [1.165, 1.54) is 12.1 Å². The van der Waals surface area contributed by atoms with E-state index in [4.69, 9.17) is 5.11 Å². The maximum Gasteiger partial charge on any atom is 0.165 e. The Hall–Kier alpha value is -2.27. The highest BCUT2D eigenvalue weighted by Crippen LogP contribution is 2.23. The smallest absolute Gasteiger partial charge is 0.165 e. The number of allylic oxidation sites excluding steroid dienone is 1. The van der Waals surface area contributed by atoms with Gasteiger partial charge in [-0.3, -0.25) is 0 Å². The molecule has 4 nitrogen and oxygen atoms in total. The van der Waals surface area contributed by atoms with E-state index in [2.05, 4.69) is 10.2 Å². The highest BCUT2D eigenvalue weighted by molar-refractivity contribution is 5.60. The van der Waals surface area contributed by atoms with Crippen molar-refractivity contribution in [2.24, 2.45) is 0 Å². The molecule has 0 fully saturated rings. The number of unbranched alkanes of at least 4 members (excludes halogenated alkanes) is 1. The molecule has 1 unspecified atom stereocenters. The van der Waals surface area contributed by atoms with Crippen LogP contribution < -0.4 is 0 Å². The second kappa shape index (κ2) is 7.66. The number of aromatic hydroxyl groups is 1. The highest BCUT2D eigenvalue weighted by atomic mass is 19.1. The molecule has 116 valence electrons. The molecule has 0 aliphatic carbocycles. The summed E-state index contributed by atoms with van der Waals surface area (Å²) in [7, 11) is 0. The lowest BCUT2D eigenvalue weighted by molar-refractivity contribution is 0.182. The monoisotopic (exact) mass is 302 g/mol. The van der Waals surface area contributed by atoms with E-state index in [1.54, 1.807) is 25.1 Å². The first-order valence-corrected chi connectivity index (χ1v) is 7.23. The molecule has 0 amide bonds. The normalized spacial score (nSPS) is 12.7. The quantitative estimate of drug-likeness (QED) is 0.801. The van der Waals surface area contributed by atoms with Gasteiger partial charge in [0.1, 0.15) is 0 Å². The summed E-state index contributed by atoms with van der Waals surface area (Å²) >= 11 is 0. The van der Waals surface area contributed by atoms with Crippen LogP contribution in [-0.4, -0.2) is 26.5 Å². The van der Waals surface area contributed by atoms with Crippen LogP contribution in [0.15, 0.2) is 36.4 Å². The molecule has 1 aromatic heterocycles. The minimum atomic E-state index is -0.679. The molecular formula is C17H19FN2O2. The zero-order chi connectivity index (χ0) is 15.9. The molecule has 0 saturated carbocycles. The van der Waals surface area contributed by atoms with E-state index in [-0.39, 0.29) is 11.9 Å². The predicted molar refractivity (Wildman–Crippen MR) is 83.7 cm³/mol. The number of phenolic OH excluding ortho intramolecular Hbond substituents is 1. The summed E-state index contributed by atoms with van der Waals surface area (Å²) in [6, 6.07) is 7.67. The van der Waals surface area contributed by atoms with Gasteiger partial charge in [-0.05, 0) is 62.6 Å². The standard InChI is InChI=1S/C17H19FN2O2/c1-12(21)5-3-2-4-6-14-8-9-16(20-19-14)13-7-10-17(22)15(18)11-13/h4,6-12,21-22H,2-3,5H2,1H3. The van der Waals surface area contributed by atoms with Crippen LogP contribution in [0.3, 0.4) is 0 Å². The lowest BCUT2D eigenvalue weighted by Crippen LogP contribution is -1.97. The first-order valence-electron chi connectivity index (χ1n) is 7.23. The van der Waals surface area contributed by atoms with Crippen molar-refractivity contribution in [3.8, 4) is 17.0 Å². The van der Waals surface area contributed by atoms with Crippen LogP contribution in [0.4, 0.5) is 4.39 Å². The summed E-state index contributed by atoms with van der Waals surface area (Å²) < 4.78 is 13.3. The number of rotatable bonds is 6. The van der Waals surface area contributed by atoms with Crippen molar-refractivity contribution in [1.82, 2.24) is 10.2 Å². The topological polar surface area (TPSA) is 66.2 Å². The number of phenols is 1. The molecule has 2 N–H and O–H groups in total. The van der Waals surface area contributed by atoms with Crippen LogP contribution in [0.2, 0.25) is 0 Å². The molecule has 2 rings (SSSR count). The third-order valence-electron chi connectivity index (χ3n) is 3.21. The largest absolute Gasteiger partial charge is 0.505 e. The molecule has 0 aliphatic rings. The number of aromatic nitrogens is 2. The van der Waals surface area contributed by atoms with Gasteiger partial charge in [-0.25, -0.2) is 4.39 Å². The second-order valence-corrected chi connectivity index (χ2v) is 5.19. The van der Waals surface area contributed by atoms with Crippen molar-refractivity contribution >= 4 is 6.08 Å². The number of aliphatic hydroxyl groups is 1. The van der Waals surface area contributed by atoms with E-state index in [9.17, 15) is 9.50 Å². The van der Waals surface area contributed by atoms with Crippen LogP contribution in [0, 0.1) is 5.82 Å². The molecule has 22 heavy (non-hydrogen) atoms. The lowest BCUT2D eigenvalue weighted by Gasteiger charge is -2.02. The number of nitrogens with zero attached hydrogens (tertiary/aromatic N) is 2. The Morgan fingerprint density at radius 3 is 2.68 bits per heavy atom. The number of benzene rings is 1. The highest BCUT2D eigenvalue weighted by Gasteiger charge is 2.05. The Bertz CT molecular complexity index is 640. The van der Waals surface area contributed by atoms with E-state index < -0.39 is 5.82 Å². The summed E-state index contributed by atoms with van der Waals surface area (Å²) in [4.78, 5) is 0. The van der Waals surface area contributed by atoms with E-state index in [1.807, 2.05) is 12.2 Å². The Morgan fingerprint density at radius 2 is 2.05 bits per heavy atom. The SMILES string of the molecule is CC(O)CCCC=Cc1ccc(-c2ccc(O)c(F)c2)nn1. The second-order valence-electron chi connectivity index (χ2n) is 5.19. The first-order chi connectivity index (χ1) is 10.6. The van der Waals surface area contributed by atoms with Crippen LogP contribution in [-0.2, 0) is 0 Å². The fourth-order valence-corrected chi connectivity index (χ4v) is 1.99. The van der Waals surface area contributed by atoms with Crippen molar-refractivity contribution < 1.29 is 14.6 Å². The number of halogens is 1. The molecule has 5 heteroatoms. The lowest BCUT2D eigenvalue weighted by atomic mass is 10.1. The van der Waals surface area contributed by atoms with Crippen LogP contribution >= 0.6 is 0 Å². The summed E-state index contributed by atoms with van der Waals surface area (Å²) in [6.45, 7) is 1.78. The average Bonchev–Trinajstić information content (AvgIpc) is 2.50. The Labute approximate surface area is 129 Å². The summed E-state index contributed by atoms with van der Waals surface area (Å²) in [5.41, 5.74) is 1.83. The predicted octanol–water partition coefficient (Wildman–Crippen LogP) is 3.55. The van der Waals surface area contributed by atoms with Gasteiger partial charge in [-0.2, -0.15) is 5.10 Å². The minimum absolute atomic E-state index is 0.266. The van der Waals surface area contributed by atoms with Crippen molar-refractivity contribution in [2.75, 3.05) is 0 Å². The summed E-state index contributed by atoms with van der Waals surface area (Å²) in [5.74, 6) is -1.06. The van der Waals surface area contributed by atoms with Gasteiger partial charge >= 0.3 is 0 Å². The van der Waals surface area contributed by atoms with Gasteiger partial charge in [-0.1, -0.05) is 6.08 Å². The Balaban J connectivity index is 1.98. The van der Waals surface area contributed by atoms with E-state index in [0.29, 0.717) is 11.3 Å². The van der Waals surface area contributed by atoms with Crippen molar-refractivity contribution in [2.45, 2.75) is 32.3 Å². The van der Waals surface area contributed by atoms with Crippen molar-refractivity contribution in [3.05, 3.63) is 47.9 Å². The molecule has 1 heterocycles. The molecular weight excluding hydrogens is 283 g/mol. The summed E-state index contributed by atoms with van der Waals surface area (Å²) in [5, 5.41) is 26.5. The third kappa shape index (κ3) is 4.63. The molecule has 0 bridgehead atoms. The minimum Gasteiger partial charge on any atom is -0.505 e. The van der Waals surface area contributed by atoms with Gasteiger partial charge in [0.05, 0.1) is 17.5 Å². The Morgan fingerprint density at radius 1 is 1.23 bits per heavy atom. The van der Waals surface area contributed by atoms with Crippen LogP contribution in [0.5, 0.6) is 5.75 Å². The van der Waals surface area contributed by atoms with Gasteiger partial charge in [0.25, 0.3) is 0 Å². The van der Waals surface area contributed by atoms with E-state index in [0.717, 1.165) is 25.0 Å². The fourth-order valence-electron chi connectivity index (χ4n) is 1.99. The summed E-state index contributed by atoms with van der Waals surface area (Å²) in [6.07, 6.45) is 6.17. The van der Waals surface area contributed by atoms with Gasteiger partial charge in [-0.15, -0.1) is 5.10 Å². The first kappa shape index (κ1) is 16.1. The fraction of sp³-hybridized carbons (Fsp3) is 0.294. The molecule has 0 spiro atoms. The van der Waals surface area contributed by atoms with Gasteiger partial charge in [0, 0.05) is 5.56 Å². The Kier molecular flexibility index (Phi) is 5.61. The van der Waals surface area contributed by atoms with Gasteiger partial charge in [0.2, 0.25) is 0 Å². The third-order valence-corrected chi connectivity index (χ3v) is 3.21. The maximum absolute atomic E-state index is 13.3. The molecule has 1 aromatic carbocycles. The van der Waals surface area contributed by atoms with Crippen molar-refractivity contribution in [3.63, 3.8) is 0 Å². The maximum atomic E-state index is 13.3. The number of hydrogen-bond acceptors (Lipinski definition) is 4. The molecule has 2 aromatic rings. The van der Waals surface area contributed by atoms with E-state index >= 15 is 0 Å². The number of hydrogen-bond donors (Lipinski definition) is 2. The zero-order valence-corrected chi connectivity index (χ0v) is 12.4. The molecule has 0 saturated heterocycles. The zero-order valence-electron chi connectivity index (χ0n) is 12.4. The van der Waals surface area contributed by atoms with Gasteiger partial charge in [0.15, 0.2) is 11.6 Å². The van der Waals surface area contributed by atoms with Crippen molar-refractivity contribution in [1.29, 1.82) is 0 Å². The van der Waals surface area contributed by atoms with Gasteiger partial charge < -0.3 is 10.2 Å².